The molecule has 0 spiro atoms. The second-order valence-corrected chi connectivity index (χ2v) is 9.04. The van der Waals surface area contributed by atoms with Crippen LogP contribution in [0.1, 0.15) is 59.9 Å². The largest absolute Gasteiger partial charge is 0.484 e. The van der Waals surface area contributed by atoms with Gasteiger partial charge in [0.2, 0.25) is 11.8 Å². The van der Waals surface area contributed by atoms with E-state index < -0.39 is 17.4 Å². The van der Waals surface area contributed by atoms with Gasteiger partial charge in [-0.15, -0.1) is 0 Å². The summed E-state index contributed by atoms with van der Waals surface area (Å²) in [5.74, 6) is -0.921. The molecule has 1 N–H and O–H groups in total. The standard InChI is InChI=1S/C25H25FN2O5/c1-25(2,3)24(31)28-10-9-15-7-8-18(32-14-21-27-20(13-33-21)23(29)30)12-19(15)22(28)16-5-4-6-17(26)11-16/h4-8,11-13,22H,9-10,14H2,1-3H3,(H,29,30). The second-order valence-electron chi connectivity index (χ2n) is 9.04. The number of hydrogen-bond donors (Lipinski definition) is 1. The molecule has 8 heteroatoms. The van der Waals surface area contributed by atoms with Gasteiger partial charge in [0.25, 0.3) is 0 Å². The lowest BCUT2D eigenvalue weighted by Crippen LogP contribution is -2.45. The maximum absolute atomic E-state index is 14.1. The van der Waals surface area contributed by atoms with Crippen LogP contribution in [0.3, 0.4) is 0 Å². The number of amides is 1. The predicted octanol–water partition coefficient (Wildman–Crippen LogP) is 4.61. The van der Waals surface area contributed by atoms with Crippen LogP contribution in [0, 0.1) is 11.2 Å². The Morgan fingerprint density at radius 1 is 1.24 bits per heavy atom. The van der Waals surface area contributed by atoms with Crippen molar-refractivity contribution in [2.45, 2.75) is 39.8 Å². The van der Waals surface area contributed by atoms with Gasteiger partial charge in [-0.1, -0.05) is 39.0 Å². The molecule has 2 aromatic carbocycles. The van der Waals surface area contributed by atoms with Crippen LogP contribution in [0.4, 0.5) is 4.39 Å². The van der Waals surface area contributed by atoms with E-state index in [1.807, 2.05) is 45.0 Å². The van der Waals surface area contributed by atoms with E-state index in [2.05, 4.69) is 4.98 Å². The number of rotatable bonds is 5. The lowest BCUT2D eigenvalue weighted by molar-refractivity contribution is -0.141. The highest BCUT2D eigenvalue weighted by Gasteiger charge is 2.37. The first kappa shape index (κ1) is 22.5. The molecule has 1 atom stereocenters. The van der Waals surface area contributed by atoms with Crippen molar-refractivity contribution in [3.05, 3.63) is 82.8 Å². The molecule has 0 bridgehead atoms. The molecule has 4 rings (SSSR count). The summed E-state index contributed by atoms with van der Waals surface area (Å²) in [5, 5.41) is 8.98. The molecular formula is C25H25FN2O5. The summed E-state index contributed by atoms with van der Waals surface area (Å²) in [6.07, 6.45) is 1.73. The van der Waals surface area contributed by atoms with E-state index in [9.17, 15) is 14.0 Å². The third kappa shape index (κ3) is 4.74. The Morgan fingerprint density at radius 2 is 2.03 bits per heavy atom. The van der Waals surface area contributed by atoms with Gasteiger partial charge in [-0.25, -0.2) is 14.2 Å². The maximum atomic E-state index is 14.1. The molecule has 0 saturated carbocycles. The molecule has 33 heavy (non-hydrogen) atoms. The number of oxazole rings is 1. The Kier molecular flexibility index (Phi) is 5.93. The van der Waals surface area contributed by atoms with Crippen LogP contribution in [0.2, 0.25) is 0 Å². The van der Waals surface area contributed by atoms with Gasteiger partial charge < -0.3 is 19.2 Å². The first-order valence-corrected chi connectivity index (χ1v) is 10.6. The van der Waals surface area contributed by atoms with Crippen LogP contribution >= 0.6 is 0 Å². The molecule has 0 radical (unpaired) electrons. The van der Waals surface area contributed by atoms with E-state index in [4.69, 9.17) is 14.3 Å². The SMILES string of the molecule is CC(C)(C)C(=O)N1CCc2ccc(OCc3nc(C(=O)O)co3)cc2C1c1cccc(F)c1. The average Bonchev–Trinajstić information content (AvgIpc) is 3.25. The molecule has 172 valence electrons. The predicted molar refractivity (Wildman–Crippen MR) is 117 cm³/mol. The number of carbonyl (C=O) groups excluding carboxylic acids is 1. The van der Waals surface area contributed by atoms with Gasteiger partial charge in [0, 0.05) is 12.0 Å². The number of carboxylic acids is 1. The highest BCUT2D eigenvalue weighted by Crippen LogP contribution is 2.39. The van der Waals surface area contributed by atoms with E-state index in [1.54, 1.807) is 11.0 Å². The van der Waals surface area contributed by atoms with Crippen LogP contribution in [0.25, 0.3) is 0 Å². The van der Waals surface area contributed by atoms with Crippen LogP contribution in [-0.4, -0.2) is 33.4 Å². The summed E-state index contributed by atoms with van der Waals surface area (Å²) in [5.41, 5.74) is 1.81. The van der Waals surface area contributed by atoms with Crippen LogP contribution in [-0.2, 0) is 17.8 Å². The molecule has 1 unspecified atom stereocenters. The average molecular weight is 452 g/mol. The van der Waals surface area contributed by atoms with Gasteiger partial charge in [-0.2, -0.15) is 0 Å². The van der Waals surface area contributed by atoms with E-state index >= 15 is 0 Å². The molecule has 2 heterocycles. The van der Waals surface area contributed by atoms with Crippen molar-refractivity contribution in [3.63, 3.8) is 0 Å². The Bertz CT molecular complexity index is 1200. The Hall–Kier alpha value is -3.68. The molecule has 1 aromatic heterocycles. The normalized spacial score (nSPS) is 15.8. The maximum Gasteiger partial charge on any atom is 0.357 e. The molecule has 7 nitrogen and oxygen atoms in total. The van der Waals surface area contributed by atoms with E-state index in [-0.39, 0.29) is 29.9 Å². The molecule has 0 saturated heterocycles. The third-order valence-electron chi connectivity index (χ3n) is 5.55. The minimum absolute atomic E-state index is 0.0188. The van der Waals surface area contributed by atoms with Gasteiger partial charge in [-0.05, 0) is 47.4 Å². The highest BCUT2D eigenvalue weighted by molar-refractivity contribution is 5.84. The number of fused-ring (bicyclic) bond motifs is 1. The monoisotopic (exact) mass is 452 g/mol. The van der Waals surface area contributed by atoms with E-state index in [0.29, 0.717) is 24.3 Å². The second kappa shape index (κ2) is 8.69. The number of benzene rings is 2. The number of aromatic carboxylic acids is 1. The van der Waals surface area contributed by atoms with Crippen LogP contribution in [0.5, 0.6) is 5.75 Å². The van der Waals surface area contributed by atoms with Crippen molar-refractivity contribution >= 4 is 11.9 Å². The molecule has 0 aliphatic carbocycles. The van der Waals surface area contributed by atoms with Crippen molar-refractivity contribution in [1.82, 2.24) is 9.88 Å². The minimum Gasteiger partial charge on any atom is -0.484 e. The van der Waals surface area contributed by atoms with Crippen molar-refractivity contribution in [2.24, 2.45) is 5.41 Å². The fraction of sp³-hybridized carbons (Fsp3) is 0.320. The summed E-state index contributed by atoms with van der Waals surface area (Å²) in [4.78, 5) is 29.9. The zero-order valence-electron chi connectivity index (χ0n) is 18.7. The number of carboxylic acid groups (broad SMARTS) is 1. The van der Waals surface area contributed by atoms with E-state index in [1.165, 1.54) is 12.1 Å². The molecule has 3 aromatic rings. The fourth-order valence-corrected chi connectivity index (χ4v) is 3.99. The Balaban J connectivity index is 1.68. The first-order valence-electron chi connectivity index (χ1n) is 10.6. The first-order chi connectivity index (χ1) is 15.6. The van der Waals surface area contributed by atoms with Gasteiger partial charge in [-0.3, -0.25) is 4.79 Å². The lowest BCUT2D eigenvalue weighted by atomic mass is 9.85. The van der Waals surface area contributed by atoms with Crippen LogP contribution in [0.15, 0.2) is 53.1 Å². The zero-order chi connectivity index (χ0) is 23.8. The summed E-state index contributed by atoms with van der Waals surface area (Å²) < 4.78 is 25.1. The zero-order valence-corrected chi connectivity index (χ0v) is 18.7. The van der Waals surface area contributed by atoms with Gasteiger partial charge >= 0.3 is 5.97 Å². The van der Waals surface area contributed by atoms with Crippen LogP contribution < -0.4 is 4.74 Å². The molecule has 1 amide bonds. The van der Waals surface area contributed by atoms with Crippen molar-refractivity contribution < 1.29 is 28.2 Å². The Labute approximate surface area is 190 Å². The van der Waals surface area contributed by atoms with Crippen molar-refractivity contribution in [1.29, 1.82) is 0 Å². The van der Waals surface area contributed by atoms with Gasteiger partial charge in [0.05, 0.1) is 6.04 Å². The highest BCUT2D eigenvalue weighted by atomic mass is 19.1. The Morgan fingerprint density at radius 3 is 2.70 bits per heavy atom. The third-order valence-corrected chi connectivity index (χ3v) is 5.55. The lowest BCUT2D eigenvalue weighted by Gasteiger charge is -2.41. The summed E-state index contributed by atoms with van der Waals surface area (Å²) >= 11 is 0. The number of aromatic nitrogens is 1. The quantitative estimate of drug-likeness (QED) is 0.608. The number of halogens is 1. The molecular weight excluding hydrogens is 427 g/mol. The molecule has 1 aliphatic rings. The molecule has 0 fully saturated rings. The number of carbonyl (C=O) groups is 2. The summed E-state index contributed by atoms with van der Waals surface area (Å²) in [7, 11) is 0. The minimum atomic E-state index is -1.18. The van der Waals surface area contributed by atoms with Gasteiger partial charge in [0.15, 0.2) is 12.3 Å². The van der Waals surface area contributed by atoms with Gasteiger partial charge in [0.1, 0.15) is 17.8 Å². The number of nitrogens with zero attached hydrogens (tertiary/aromatic N) is 2. The number of ether oxygens (including phenoxy) is 1. The summed E-state index contributed by atoms with van der Waals surface area (Å²) in [6.45, 7) is 6.08. The summed E-state index contributed by atoms with van der Waals surface area (Å²) in [6, 6.07) is 11.4. The fourth-order valence-electron chi connectivity index (χ4n) is 3.99. The molecule has 1 aliphatic heterocycles. The van der Waals surface area contributed by atoms with Crippen molar-refractivity contribution in [3.8, 4) is 5.75 Å². The number of hydrogen-bond acceptors (Lipinski definition) is 5. The topological polar surface area (TPSA) is 92.9 Å². The van der Waals surface area contributed by atoms with E-state index in [0.717, 1.165) is 17.4 Å². The van der Waals surface area contributed by atoms with Crippen molar-refractivity contribution in [2.75, 3.05) is 6.54 Å². The smallest absolute Gasteiger partial charge is 0.357 e.